The number of alkyl halides is 3. The Kier molecular flexibility index (Phi) is 4.30. The highest BCUT2D eigenvalue weighted by molar-refractivity contribution is 5.90. The number of carboxylic acids is 1. The lowest BCUT2D eigenvalue weighted by atomic mass is 9.96. The molecular formula is C14H15F3N2O3. The largest absolute Gasteiger partial charge is 0.481 e. The minimum Gasteiger partial charge on any atom is -0.481 e. The lowest BCUT2D eigenvalue weighted by Gasteiger charge is -2.18. The first-order valence-corrected chi connectivity index (χ1v) is 6.60. The fourth-order valence-electron chi connectivity index (χ4n) is 2.48. The fourth-order valence-corrected chi connectivity index (χ4v) is 2.48. The van der Waals surface area contributed by atoms with Crippen LogP contribution in [0.2, 0.25) is 0 Å². The smallest absolute Gasteiger partial charge is 0.394 e. The molecule has 2 amide bonds. The summed E-state index contributed by atoms with van der Waals surface area (Å²) < 4.78 is 38.6. The number of amides is 2. The van der Waals surface area contributed by atoms with Crippen LogP contribution < -0.4 is 5.32 Å². The Morgan fingerprint density at radius 3 is 2.50 bits per heavy atom. The summed E-state index contributed by atoms with van der Waals surface area (Å²) in [6.45, 7) is 0.695. The van der Waals surface area contributed by atoms with E-state index in [9.17, 15) is 22.8 Å². The number of halogens is 3. The summed E-state index contributed by atoms with van der Waals surface area (Å²) in [5, 5.41) is 11.4. The molecule has 1 aliphatic rings. The highest BCUT2D eigenvalue weighted by atomic mass is 19.4. The van der Waals surface area contributed by atoms with Crippen molar-refractivity contribution in [3.63, 3.8) is 0 Å². The van der Waals surface area contributed by atoms with Crippen LogP contribution in [-0.2, 0) is 4.79 Å². The van der Waals surface area contributed by atoms with Gasteiger partial charge < -0.3 is 15.3 Å². The van der Waals surface area contributed by atoms with Crippen molar-refractivity contribution in [1.82, 2.24) is 4.90 Å². The van der Waals surface area contributed by atoms with E-state index in [2.05, 4.69) is 5.32 Å². The molecule has 120 valence electrons. The molecule has 0 spiro atoms. The number of benzene rings is 1. The highest BCUT2D eigenvalue weighted by Gasteiger charge is 2.53. The summed E-state index contributed by atoms with van der Waals surface area (Å²) in [5.74, 6) is -5.23. The van der Waals surface area contributed by atoms with E-state index >= 15 is 0 Å². The predicted octanol–water partition coefficient (Wildman–Crippen LogP) is 2.72. The van der Waals surface area contributed by atoms with Gasteiger partial charge in [0.15, 0.2) is 0 Å². The number of anilines is 1. The molecule has 0 unspecified atom stereocenters. The zero-order valence-corrected chi connectivity index (χ0v) is 11.7. The summed E-state index contributed by atoms with van der Waals surface area (Å²) in [6, 6.07) is 6.06. The maximum absolute atomic E-state index is 12.9. The van der Waals surface area contributed by atoms with E-state index in [-0.39, 0.29) is 0 Å². The predicted molar refractivity (Wildman–Crippen MR) is 72.4 cm³/mol. The summed E-state index contributed by atoms with van der Waals surface area (Å²) in [7, 11) is 0. The zero-order valence-electron chi connectivity index (χ0n) is 11.7. The van der Waals surface area contributed by atoms with Crippen molar-refractivity contribution in [3.05, 3.63) is 29.8 Å². The van der Waals surface area contributed by atoms with Crippen molar-refractivity contribution in [2.75, 3.05) is 18.4 Å². The molecule has 22 heavy (non-hydrogen) atoms. The minimum atomic E-state index is -4.65. The first-order chi connectivity index (χ1) is 10.2. The van der Waals surface area contributed by atoms with Crippen molar-refractivity contribution in [3.8, 4) is 0 Å². The van der Waals surface area contributed by atoms with Crippen LogP contribution in [0.25, 0.3) is 0 Å². The van der Waals surface area contributed by atoms with E-state index in [0.29, 0.717) is 5.69 Å². The van der Waals surface area contributed by atoms with E-state index < -0.39 is 43.1 Å². The van der Waals surface area contributed by atoms with Gasteiger partial charge in [-0.15, -0.1) is 0 Å². The zero-order chi connectivity index (χ0) is 16.5. The van der Waals surface area contributed by atoms with Crippen molar-refractivity contribution in [2.45, 2.75) is 13.1 Å². The summed E-state index contributed by atoms with van der Waals surface area (Å²) in [6.07, 6.45) is -4.65. The molecule has 0 saturated carbocycles. The van der Waals surface area contributed by atoms with Crippen molar-refractivity contribution < 1.29 is 27.9 Å². The molecule has 8 heteroatoms. The molecule has 1 saturated heterocycles. The molecule has 2 N–H and O–H groups in total. The second-order valence-electron chi connectivity index (χ2n) is 5.30. The number of aryl methyl sites for hydroxylation is 1. The van der Waals surface area contributed by atoms with Gasteiger partial charge in [-0.05, 0) is 24.6 Å². The number of carbonyl (C=O) groups excluding carboxylic acids is 1. The van der Waals surface area contributed by atoms with Crippen molar-refractivity contribution in [2.24, 2.45) is 11.8 Å². The number of carboxylic acid groups (broad SMARTS) is 1. The third kappa shape index (κ3) is 3.49. The normalized spacial score (nSPS) is 21.7. The maximum atomic E-state index is 12.9. The lowest BCUT2D eigenvalue weighted by Crippen LogP contribution is -2.35. The molecular weight excluding hydrogens is 301 g/mol. The van der Waals surface area contributed by atoms with Gasteiger partial charge in [0.05, 0.1) is 11.8 Å². The van der Waals surface area contributed by atoms with Gasteiger partial charge in [0.2, 0.25) is 0 Å². The Balaban J connectivity index is 2.10. The fraction of sp³-hybridized carbons (Fsp3) is 0.429. The van der Waals surface area contributed by atoms with Crippen LogP contribution in [0, 0.1) is 18.8 Å². The molecule has 5 nitrogen and oxygen atoms in total. The van der Waals surface area contributed by atoms with Crippen LogP contribution in [0.15, 0.2) is 24.3 Å². The molecule has 1 aliphatic heterocycles. The average molecular weight is 316 g/mol. The first kappa shape index (κ1) is 16.1. The van der Waals surface area contributed by atoms with E-state index in [4.69, 9.17) is 5.11 Å². The number of nitrogens with zero attached hydrogens (tertiary/aromatic N) is 1. The van der Waals surface area contributed by atoms with Crippen LogP contribution in [0.3, 0.4) is 0 Å². The molecule has 0 bridgehead atoms. The molecule has 2 atom stereocenters. The third-order valence-corrected chi connectivity index (χ3v) is 3.61. The molecule has 1 heterocycles. The van der Waals surface area contributed by atoms with E-state index in [0.717, 1.165) is 10.5 Å². The molecule has 1 aromatic carbocycles. The van der Waals surface area contributed by atoms with Gasteiger partial charge in [-0.2, -0.15) is 13.2 Å². The topological polar surface area (TPSA) is 69.6 Å². The number of rotatable bonds is 2. The summed E-state index contributed by atoms with van der Waals surface area (Å²) >= 11 is 0. The minimum absolute atomic E-state index is 0.451. The Morgan fingerprint density at radius 2 is 2.00 bits per heavy atom. The molecule has 2 rings (SSSR count). The van der Waals surface area contributed by atoms with Gasteiger partial charge >= 0.3 is 18.2 Å². The Labute approximate surface area is 124 Å². The first-order valence-electron chi connectivity index (χ1n) is 6.60. The van der Waals surface area contributed by atoms with Crippen molar-refractivity contribution in [1.29, 1.82) is 0 Å². The van der Waals surface area contributed by atoms with Crippen LogP contribution in [-0.4, -0.2) is 41.3 Å². The average Bonchev–Trinajstić information content (AvgIpc) is 2.83. The number of nitrogens with one attached hydrogen (secondary N) is 1. The number of hydrogen-bond acceptors (Lipinski definition) is 2. The standard InChI is InChI=1S/C14H15F3N2O3/c1-8-3-2-4-9(5-8)18-13(22)19-6-10(12(20)21)11(7-19)14(15,16)17/h2-5,10-11H,6-7H2,1H3,(H,18,22)(H,20,21)/t10-,11-/m1/s1. The van der Waals surface area contributed by atoms with Gasteiger partial charge in [0.25, 0.3) is 0 Å². The van der Waals surface area contributed by atoms with Gasteiger partial charge in [0.1, 0.15) is 0 Å². The number of aliphatic carboxylic acids is 1. The van der Waals surface area contributed by atoms with Crippen molar-refractivity contribution >= 4 is 17.7 Å². The molecule has 0 aromatic heterocycles. The molecule has 0 radical (unpaired) electrons. The van der Waals surface area contributed by atoms with E-state index in [1.165, 1.54) is 0 Å². The summed E-state index contributed by atoms with van der Waals surface area (Å²) in [4.78, 5) is 23.9. The number of hydrogen-bond donors (Lipinski definition) is 2. The van der Waals surface area contributed by atoms with E-state index in [1.807, 2.05) is 13.0 Å². The summed E-state index contributed by atoms with van der Waals surface area (Å²) in [5.41, 5.74) is 1.34. The van der Waals surface area contributed by atoms with Crippen LogP contribution in [0.5, 0.6) is 0 Å². The molecule has 1 aromatic rings. The second kappa shape index (κ2) is 5.86. The Bertz CT molecular complexity index is 589. The van der Waals surface area contributed by atoms with Crippen LogP contribution >= 0.6 is 0 Å². The highest BCUT2D eigenvalue weighted by Crippen LogP contribution is 2.37. The van der Waals surface area contributed by atoms with Gasteiger partial charge in [-0.3, -0.25) is 4.79 Å². The SMILES string of the molecule is Cc1cccc(NC(=O)N2C[C@@H](C(F)(F)F)[C@H](C(=O)O)C2)c1. The van der Waals surface area contributed by atoms with Crippen LogP contribution in [0.1, 0.15) is 5.56 Å². The van der Waals surface area contributed by atoms with E-state index in [1.54, 1.807) is 18.2 Å². The maximum Gasteiger partial charge on any atom is 0.394 e. The van der Waals surface area contributed by atoms with Gasteiger partial charge in [-0.25, -0.2) is 4.79 Å². The molecule has 1 fully saturated rings. The van der Waals surface area contributed by atoms with Gasteiger partial charge in [-0.1, -0.05) is 12.1 Å². The third-order valence-electron chi connectivity index (χ3n) is 3.61. The Hall–Kier alpha value is -2.25. The number of likely N-dealkylation sites (tertiary alicyclic amines) is 1. The van der Waals surface area contributed by atoms with Gasteiger partial charge in [0, 0.05) is 18.8 Å². The lowest BCUT2D eigenvalue weighted by molar-refractivity contribution is -0.187. The number of urea groups is 1. The monoisotopic (exact) mass is 316 g/mol. The quantitative estimate of drug-likeness (QED) is 0.881. The number of carbonyl (C=O) groups is 2. The molecule has 0 aliphatic carbocycles. The second-order valence-corrected chi connectivity index (χ2v) is 5.30. The van der Waals surface area contributed by atoms with Crippen LogP contribution in [0.4, 0.5) is 23.7 Å². The Morgan fingerprint density at radius 1 is 1.32 bits per heavy atom.